The number of nitrogens with zero attached hydrogens (tertiary/aromatic N) is 2. The number of aliphatic hydroxyl groups is 1. The van der Waals surface area contributed by atoms with Gasteiger partial charge in [0.05, 0.1) is 6.61 Å². The predicted molar refractivity (Wildman–Crippen MR) is 81.4 cm³/mol. The first kappa shape index (κ1) is 15.8. The van der Waals surface area contributed by atoms with Crippen LogP contribution in [0.4, 0.5) is 0 Å². The Morgan fingerprint density at radius 3 is 2.62 bits per heavy atom. The topological polar surface area (TPSA) is 53.0 Å². The summed E-state index contributed by atoms with van der Waals surface area (Å²) in [6, 6.07) is 7.83. The molecule has 5 nitrogen and oxygen atoms in total. The van der Waals surface area contributed by atoms with Gasteiger partial charge in [0, 0.05) is 32.7 Å². The molecule has 21 heavy (non-hydrogen) atoms. The van der Waals surface area contributed by atoms with Crippen LogP contribution in [0.2, 0.25) is 0 Å². The van der Waals surface area contributed by atoms with Crippen molar-refractivity contribution in [2.24, 2.45) is 0 Å². The van der Waals surface area contributed by atoms with E-state index >= 15 is 0 Å². The zero-order valence-corrected chi connectivity index (χ0v) is 12.6. The van der Waals surface area contributed by atoms with E-state index in [1.54, 1.807) is 0 Å². The largest absolute Gasteiger partial charge is 0.483 e. The molecule has 1 heterocycles. The monoisotopic (exact) mass is 292 g/mol. The average molecular weight is 292 g/mol. The van der Waals surface area contributed by atoms with Crippen LogP contribution >= 0.6 is 0 Å². The van der Waals surface area contributed by atoms with Gasteiger partial charge in [-0.15, -0.1) is 0 Å². The molecular formula is C16H24N2O3. The van der Waals surface area contributed by atoms with E-state index in [9.17, 15) is 4.79 Å². The third-order valence-corrected chi connectivity index (χ3v) is 3.85. The van der Waals surface area contributed by atoms with Crippen molar-refractivity contribution < 1.29 is 14.6 Å². The molecule has 1 aliphatic heterocycles. The Morgan fingerprint density at radius 1 is 1.24 bits per heavy atom. The van der Waals surface area contributed by atoms with Crippen molar-refractivity contribution in [2.45, 2.75) is 13.3 Å². The molecular weight excluding hydrogens is 268 g/mol. The fraction of sp³-hybridized carbons (Fsp3) is 0.562. The van der Waals surface area contributed by atoms with Crippen molar-refractivity contribution in [3.8, 4) is 5.75 Å². The number of hydrogen-bond acceptors (Lipinski definition) is 4. The van der Waals surface area contributed by atoms with E-state index in [-0.39, 0.29) is 19.1 Å². The maximum atomic E-state index is 12.2. The zero-order valence-electron chi connectivity index (χ0n) is 12.6. The van der Waals surface area contributed by atoms with Crippen LogP contribution in [0.25, 0.3) is 0 Å². The van der Waals surface area contributed by atoms with Gasteiger partial charge in [-0.1, -0.05) is 25.1 Å². The molecule has 5 heteroatoms. The van der Waals surface area contributed by atoms with E-state index in [1.807, 2.05) is 29.2 Å². The van der Waals surface area contributed by atoms with Crippen LogP contribution in [0, 0.1) is 0 Å². The highest BCUT2D eigenvalue weighted by Gasteiger charge is 2.21. The second-order valence-electron chi connectivity index (χ2n) is 5.20. The summed E-state index contributed by atoms with van der Waals surface area (Å²) in [5, 5.41) is 8.91. The lowest BCUT2D eigenvalue weighted by Crippen LogP contribution is -2.50. The minimum absolute atomic E-state index is 0.0320. The summed E-state index contributed by atoms with van der Waals surface area (Å²) in [5.41, 5.74) is 1.12. The minimum atomic E-state index is 0.0320. The summed E-state index contributed by atoms with van der Waals surface area (Å²) in [4.78, 5) is 16.2. The lowest BCUT2D eigenvalue weighted by Gasteiger charge is -2.34. The first-order chi connectivity index (χ1) is 10.2. The summed E-state index contributed by atoms with van der Waals surface area (Å²) >= 11 is 0. The Bertz CT molecular complexity index is 457. The molecule has 1 N–H and O–H groups in total. The Balaban J connectivity index is 1.80. The van der Waals surface area contributed by atoms with Crippen LogP contribution in [-0.2, 0) is 11.2 Å². The third-order valence-electron chi connectivity index (χ3n) is 3.85. The smallest absolute Gasteiger partial charge is 0.260 e. The van der Waals surface area contributed by atoms with Gasteiger partial charge in [0.2, 0.25) is 0 Å². The van der Waals surface area contributed by atoms with Crippen LogP contribution in [0.5, 0.6) is 5.75 Å². The second-order valence-corrected chi connectivity index (χ2v) is 5.20. The summed E-state index contributed by atoms with van der Waals surface area (Å²) in [5.74, 6) is 0.830. The van der Waals surface area contributed by atoms with Crippen LogP contribution in [-0.4, -0.2) is 66.8 Å². The molecule has 0 atom stereocenters. The number of benzene rings is 1. The molecule has 1 aromatic carbocycles. The SMILES string of the molecule is CCc1ccccc1OCC(=O)N1CCN(CCO)CC1. The van der Waals surface area contributed by atoms with Crippen LogP contribution in [0.15, 0.2) is 24.3 Å². The maximum absolute atomic E-state index is 12.2. The van der Waals surface area contributed by atoms with E-state index in [1.165, 1.54) is 0 Å². The fourth-order valence-electron chi connectivity index (χ4n) is 2.53. The van der Waals surface area contributed by atoms with Crippen LogP contribution < -0.4 is 4.74 Å². The molecule has 2 rings (SSSR count). The van der Waals surface area contributed by atoms with E-state index in [4.69, 9.17) is 9.84 Å². The van der Waals surface area contributed by atoms with Gasteiger partial charge in [0.15, 0.2) is 6.61 Å². The molecule has 0 saturated carbocycles. The zero-order chi connectivity index (χ0) is 15.1. The Kier molecular flexibility index (Phi) is 6.02. The van der Waals surface area contributed by atoms with Crippen molar-refractivity contribution in [3.05, 3.63) is 29.8 Å². The van der Waals surface area contributed by atoms with Gasteiger partial charge in [-0.2, -0.15) is 0 Å². The van der Waals surface area contributed by atoms with Crippen molar-refractivity contribution >= 4 is 5.91 Å². The highest BCUT2D eigenvalue weighted by molar-refractivity contribution is 5.78. The maximum Gasteiger partial charge on any atom is 0.260 e. The Morgan fingerprint density at radius 2 is 1.95 bits per heavy atom. The number of ether oxygens (including phenoxy) is 1. The number of aryl methyl sites for hydroxylation is 1. The number of rotatable bonds is 6. The summed E-state index contributed by atoms with van der Waals surface area (Å²) < 4.78 is 5.67. The number of carbonyl (C=O) groups is 1. The summed E-state index contributed by atoms with van der Waals surface area (Å²) in [7, 11) is 0. The highest BCUT2D eigenvalue weighted by atomic mass is 16.5. The fourth-order valence-corrected chi connectivity index (χ4v) is 2.53. The molecule has 1 saturated heterocycles. The van der Waals surface area contributed by atoms with Crippen molar-refractivity contribution in [1.82, 2.24) is 9.80 Å². The number of amides is 1. The predicted octanol–water partition coefficient (Wildman–Crippen LogP) is 0.764. The number of hydrogen-bond donors (Lipinski definition) is 1. The highest BCUT2D eigenvalue weighted by Crippen LogP contribution is 2.18. The van der Waals surface area contributed by atoms with Crippen LogP contribution in [0.3, 0.4) is 0 Å². The molecule has 0 bridgehead atoms. The number of β-amino-alcohol motifs (C(OH)–C–C–N with tert-alkyl or cyclic N) is 1. The van der Waals surface area contributed by atoms with E-state index in [0.717, 1.165) is 30.8 Å². The molecule has 0 aliphatic carbocycles. The van der Waals surface area contributed by atoms with Crippen LogP contribution in [0.1, 0.15) is 12.5 Å². The van der Waals surface area contributed by atoms with Crippen molar-refractivity contribution in [2.75, 3.05) is 45.9 Å². The van der Waals surface area contributed by atoms with Gasteiger partial charge in [0.25, 0.3) is 5.91 Å². The summed E-state index contributed by atoms with van der Waals surface area (Å²) in [6.45, 7) is 6.07. The van der Waals surface area contributed by atoms with Crippen molar-refractivity contribution in [1.29, 1.82) is 0 Å². The molecule has 1 amide bonds. The van der Waals surface area contributed by atoms with Gasteiger partial charge < -0.3 is 14.7 Å². The number of para-hydroxylation sites is 1. The molecule has 1 fully saturated rings. The first-order valence-electron chi connectivity index (χ1n) is 7.56. The lowest BCUT2D eigenvalue weighted by molar-refractivity contribution is -0.135. The minimum Gasteiger partial charge on any atom is -0.483 e. The molecule has 1 aliphatic rings. The molecule has 116 valence electrons. The Labute approximate surface area is 126 Å². The normalized spacial score (nSPS) is 16.0. The molecule has 0 unspecified atom stereocenters. The molecule has 1 aromatic rings. The lowest BCUT2D eigenvalue weighted by atomic mass is 10.1. The quantitative estimate of drug-likeness (QED) is 0.841. The number of carbonyl (C=O) groups excluding carboxylic acids is 1. The van der Waals surface area contributed by atoms with Gasteiger partial charge >= 0.3 is 0 Å². The van der Waals surface area contributed by atoms with E-state index in [0.29, 0.717) is 19.6 Å². The molecule has 0 aromatic heterocycles. The second kappa shape index (κ2) is 8.00. The summed E-state index contributed by atoms with van der Waals surface area (Å²) in [6.07, 6.45) is 0.893. The third kappa shape index (κ3) is 4.44. The van der Waals surface area contributed by atoms with Gasteiger partial charge in [-0.05, 0) is 18.1 Å². The number of aliphatic hydroxyl groups excluding tert-OH is 1. The average Bonchev–Trinajstić information content (AvgIpc) is 2.54. The van der Waals surface area contributed by atoms with E-state index in [2.05, 4.69) is 11.8 Å². The molecule has 0 spiro atoms. The Hall–Kier alpha value is -1.59. The van der Waals surface area contributed by atoms with E-state index < -0.39 is 0 Å². The van der Waals surface area contributed by atoms with Gasteiger partial charge in [-0.25, -0.2) is 0 Å². The van der Waals surface area contributed by atoms with Gasteiger partial charge in [-0.3, -0.25) is 9.69 Å². The van der Waals surface area contributed by atoms with Gasteiger partial charge in [0.1, 0.15) is 5.75 Å². The number of piperazine rings is 1. The standard InChI is InChI=1S/C16H24N2O3/c1-2-14-5-3-4-6-15(14)21-13-16(20)18-9-7-17(8-10-18)11-12-19/h3-6,19H,2,7-13H2,1H3. The van der Waals surface area contributed by atoms with Crippen molar-refractivity contribution in [3.63, 3.8) is 0 Å². The molecule has 0 radical (unpaired) electrons. The first-order valence-corrected chi connectivity index (χ1v) is 7.56.